The van der Waals surface area contributed by atoms with Crippen LogP contribution in [0.1, 0.15) is 10.4 Å². The zero-order chi connectivity index (χ0) is 17.3. The van der Waals surface area contributed by atoms with E-state index >= 15 is 0 Å². The third kappa shape index (κ3) is 3.10. The third-order valence-corrected chi connectivity index (χ3v) is 6.23. The van der Waals surface area contributed by atoms with E-state index in [1.54, 1.807) is 0 Å². The number of methoxy groups -OCH3 is 1. The van der Waals surface area contributed by atoms with Crippen LogP contribution in [0.15, 0.2) is 54.6 Å². The van der Waals surface area contributed by atoms with Crippen molar-refractivity contribution in [3.05, 3.63) is 60.2 Å². The largest absolute Gasteiger partial charge is 0.465 e. The van der Waals surface area contributed by atoms with Gasteiger partial charge in [0.25, 0.3) is 0 Å². The molecule has 3 rings (SSSR count). The molecule has 0 spiro atoms. The fraction of sp³-hybridized carbons (Fsp3) is 0.200. The van der Waals surface area contributed by atoms with Gasteiger partial charge in [-0.1, -0.05) is 67.3 Å². The highest BCUT2D eigenvalue weighted by Gasteiger charge is 2.17. The van der Waals surface area contributed by atoms with Gasteiger partial charge >= 0.3 is 5.97 Å². The Hall–Kier alpha value is -2.46. The Bertz CT molecular complexity index is 896. The minimum absolute atomic E-state index is 0.339. The van der Waals surface area contributed by atoms with Crippen molar-refractivity contribution in [3.63, 3.8) is 0 Å². The summed E-state index contributed by atoms with van der Waals surface area (Å²) in [6, 6.07) is 18.0. The van der Waals surface area contributed by atoms with Gasteiger partial charge in [-0.2, -0.15) is 0 Å². The van der Waals surface area contributed by atoms with Crippen LogP contribution in [0.3, 0.4) is 0 Å². The second kappa shape index (κ2) is 6.21. The number of hydrogen-bond acceptors (Lipinski definition) is 3. The Balaban J connectivity index is 2.14. The average molecular weight is 335 g/mol. The first-order chi connectivity index (χ1) is 11.4. The van der Waals surface area contributed by atoms with Crippen LogP contribution in [-0.4, -0.2) is 26.1 Å². The smallest absolute Gasteiger partial charge is 0.338 e. The molecule has 0 bridgehead atoms. The molecular formula is C20H21NO2Si. The molecule has 0 N–H and O–H groups in total. The lowest BCUT2D eigenvalue weighted by atomic mass is 10.0. The zero-order valence-electron chi connectivity index (χ0n) is 14.5. The first-order valence-electron chi connectivity index (χ1n) is 7.99. The summed E-state index contributed by atoms with van der Waals surface area (Å²) >= 11 is 0. The summed E-state index contributed by atoms with van der Waals surface area (Å²) in [5.41, 5.74) is 3.14. The van der Waals surface area contributed by atoms with Crippen LogP contribution in [-0.2, 0) is 4.74 Å². The number of ether oxygens (including phenoxy) is 1. The average Bonchev–Trinajstić information content (AvgIpc) is 2.59. The number of benzene rings is 2. The molecule has 2 aromatic carbocycles. The van der Waals surface area contributed by atoms with Crippen LogP contribution in [0, 0.1) is 0 Å². The fourth-order valence-electron chi connectivity index (χ4n) is 2.74. The second-order valence-electron chi connectivity index (χ2n) is 6.89. The number of fused-ring (bicyclic) bond motifs is 1. The standard InChI is InChI=1S/C20H21NO2Si/c1-23-20(22)17-13-19(21-18-8-6-5-7-16(17)18)14-9-11-15(12-10-14)24(2,3)4/h5-13H,1-4H3. The van der Waals surface area contributed by atoms with Crippen molar-refractivity contribution in [2.75, 3.05) is 7.11 Å². The Morgan fingerprint density at radius 3 is 2.29 bits per heavy atom. The number of para-hydroxylation sites is 1. The molecule has 0 amide bonds. The fourth-order valence-corrected chi connectivity index (χ4v) is 3.91. The zero-order valence-corrected chi connectivity index (χ0v) is 15.5. The Kier molecular flexibility index (Phi) is 4.24. The number of aromatic nitrogens is 1. The summed E-state index contributed by atoms with van der Waals surface area (Å²) in [5, 5.41) is 2.21. The highest BCUT2D eigenvalue weighted by atomic mass is 28.3. The monoisotopic (exact) mass is 335 g/mol. The maximum absolute atomic E-state index is 12.2. The predicted octanol–water partition coefficient (Wildman–Crippen LogP) is 4.23. The Labute approximate surface area is 143 Å². The van der Waals surface area contributed by atoms with E-state index in [0.717, 1.165) is 22.2 Å². The van der Waals surface area contributed by atoms with E-state index < -0.39 is 8.07 Å². The van der Waals surface area contributed by atoms with Crippen LogP contribution in [0.2, 0.25) is 19.6 Å². The first kappa shape index (κ1) is 16.4. The maximum atomic E-state index is 12.2. The Morgan fingerprint density at radius 2 is 1.67 bits per heavy atom. The van der Waals surface area contributed by atoms with Crippen molar-refractivity contribution in [1.82, 2.24) is 4.98 Å². The highest BCUT2D eigenvalue weighted by Crippen LogP contribution is 2.25. The molecule has 0 unspecified atom stereocenters. The van der Waals surface area contributed by atoms with Gasteiger partial charge in [-0.3, -0.25) is 0 Å². The molecule has 122 valence electrons. The van der Waals surface area contributed by atoms with Gasteiger partial charge in [-0.25, -0.2) is 9.78 Å². The normalized spacial score (nSPS) is 11.5. The van der Waals surface area contributed by atoms with Crippen LogP contribution in [0.5, 0.6) is 0 Å². The van der Waals surface area contributed by atoms with Gasteiger partial charge in [0.15, 0.2) is 0 Å². The molecule has 3 nitrogen and oxygen atoms in total. The molecule has 0 atom stereocenters. The quantitative estimate of drug-likeness (QED) is 0.531. The van der Waals surface area contributed by atoms with Gasteiger partial charge in [-0.15, -0.1) is 0 Å². The minimum atomic E-state index is -1.33. The van der Waals surface area contributed by atoms with E-state index in [0.29, 0.717) is 5.56 Å². The van der Waals surface area contributed by atoms with Crippen LogP contribution in [0.25, 0.3) is 22.2 Å². The molecule has 0 aliphatic heterocycles. The van der Waals surface area contributed by atoms with Gasteiger partial charge < -0.3 is 4.74 Å². The number of esters is 1. The van der Waals surface area contributed by atoms with Gasteiger partial charge in [0.2, 0.25) is 0 Å². The summed E-state index contributed by atoms with van der Waals surface area (Å²) in [6.45, 7) is 6.98. The van der Waals surface area contributed by atoms with Crippen molar-refractivity contribution < 1.29 is 9.53 Å². The topological polar surface area (TPSA) is 39.2 Å². The van der Waals surface area contributed by atoms with Gasteiger partial charge in [0, 0.05) is 10.9 Å². The molecule has 0 saturated heterocycles. The molecule has 0 radical (unpaired) electrons. The summed E-state index contributed by atoms with van der Waals surface area (Å²) in [7, 11) is 0.0727. The van der Waals surface area contributed by atoms with E-state index in [4.69, 9.17) is 9.72 Å². The molecule has 0 fully saturated rings. The van der Waals surface area contributed by atoms with E-state index in [1.165, 1.54) is 12.3 Å². The number of rotatable bonds is 3. The lowest BCUT2D eigenvalue weighted by molar-refractivity contribution is 0.0603. The molecule has 1 aromatic heterocycles. The van der Waals surface area contributed by atoms with Crippen molar-refractivity contribution in [2.24, 2.45) is 0 Å². The van der Waals surface area contributed by atoms with Crippen LogP contribution >= 0.6 is 0 Å². The van der Waals surface area contributed by atoms with Crippen LogP contribution < -0.4 is 5.19 Å². The maximum Gasteiger partial charge on any atom is 0.338 e. The predicted molar refractivity (Wildman–Crippen MR) is 101 cm³/mol. The van der Waals surface area contributed by atoms with Crippen molar-refractivity contribution in [2.45, 2.75) is 19.6 Å². The van der Waals surface area contributed by atoms with Gasteiger partial charge in [-0.05, 0) is 12.1 Å². The summed E-state index contributed by atoms with van der Waals surface area (Å²) in [5.74, 6) is -0.339. The van der Waals surface area contributed by atoms with E-state index in [2.05, 4.69) is 43.9 Å². The van der Waals surface area contributed by atoms with E-state index in [9.17, 15) is 4.79 Å². The van der Waals surface area contributed by atoms with Crippen molar-refractivity contribution in [3.8, 4) is 11.3 Å². The molecule has 0 aliphatic carbocycles. The lowest BCUT2D eigenvalue weighted by Gasteiger charge is -2.17. The van der Waals surface area contributed by atoms with E-state index in [1.807, 2.05) is 30.3 Å². The number of nitrogens with zero attached hydrogens (tertiary/aromatic N) is 1. The van der Waals surface area contributed by atoms with Crippen molar-refractivity contribution in [1.29, 1.82) is 0 Å². The molecular weight excluding hydrogens is 314 g/mol. The molecule has 0 aliphatic rings. The van der Waals surface area contributed by atoms with Gasteiger partial charge in [0.05, 0.1) is 32.0 Å². The minimum Gasteiger partial charge on any atom is -0.465 e. The molecule has 4 heteroatoms. The molecule has 0 saturated carbocycles. The first-order valence-corrected chi connectivity index (χ1v) is 11.5. The molecule has 24 heavy (non-hydrogen) atoms. The summed E-state index contributed by atoms with van der Waals surface area (Å²) in [6.07, 6.45) is 0. The Morgan fingerprint density at radius 1 is 1.00 bits per heavy atom. The molecule has 3 aromatic rings. The van der Waals surface area contributed by atoms with Crippen LogP contribution in [0.4, 0.5) is 0 Å². The summed E-state index contributed by atoms with van der Waals surface area (Å²) in [4.78, 5) is 16.9. The van der Waals surface area contributed by atoms with Crippen molar-refractivity contribution >= 4 is 30.1 Å². The number of carbonyl (C=O) groups excluding carboxylic acids is 1. The highest BCUT2D eigenvalue weighted by molar-refractivity contribution is 6.88. The second-order valence-corrected chi connectivity index (χ2v) is 12.0. The third-order valence-electron chi connectivity index (χ3n) is 4.17. The van der Waals surface area contributed by atoms with Gasteiger partial charge in [0.1, 0.15) is 0 Å². The number of pyridine rings is 1. The SMILES string of the molecule is COC(=O)c1cc(-c2ccc([Si](C)(C)C)cc2)nc2ccccc12. The summed E-state index contributed by atoms with van der Waals surface area (Å²) < 4.78 is 4.94. The molecule has 1 heterocycles. The van der Waals surface area contributed by atoms with E-state index in [-0.39, 0.29) is 5.97 Å². The number of carbonyl (C=O) groups is 1. The lowest BCUT2D eigenvalue weighted by Crippen LogP contribution is -2.37. The number of hydrogen-bond donors (Lipinski definition) is 0.